The van der Waals surface area contributed by atoms with E-state index >= 15 is 0 Å². The van der Waals surface area contributed by atoms with Crippen LogP contribution in [0.4, 0.5) is 0 Å². The molecule has 1 aliphatic heterocycles. The predicted octanol–water partition coefficient (Wildman–Crippen LogP) is 5.29. The van der Waals surface area contributed by atoms with E-state index in [2.05, 4.69) is 27.7 Å². The third kappa shape index (κ3) is 7.85. The Labute approximate surface area is 158 Å². The third-order valence-electron chi connectivity index (χ3n) is 4.57. The molecule has 0 radical (unpaired) electrons. The number of carbonyl (C=O) groups is 2. The van der Waals surface area contributed by atoms with Crippen LogP contribution >= 0.6 is 0 Å². The Morgan fingerprint density at radius 1 is 1.19 bits per heavy atom. The number of rotatable bonds is 5. The van der Waals surface area contributed by atoms with Crippen molar-refractivity contribution in [2.45, 2.75) is 92.7 Å². The molecule has 1 heterocycles. The van der Waals surface area contributed by atoms with Crippen LogP contribution in [0.2, 0.25) is 0 Å². The van der Waals surface area contributed by atoms with Gasteiger partial charge in [0.1, 0.15) is 11.6 Å². The van der Waals surface area contributed by atoms with Crippen molar-refractivity contribution in [2.75, 3.05) is 7.11 Å². The Morgan fingerprint density at radius 2 is 1.58 bits per heavy atom. The normalized spacial score (nSPS) is 19.4. The van der Waals surface area contributed by atoms with E-state index in [4.69, 9.17) is 15.9 Å². The zero-order valence-corrected chi connectivity index (χ0v) is 17.0. The first-order valence-electron chi connectivity index (χ1n) is 8.61. The first kappa shape index (κ1) is 26.8. The number of nitrogens with zero attached hydrogens (tertiary/aromatic N) is 3. The van der Waals surface area contributed by atoms with Gasteiger partial charge in [-0.2, -0.15) is 5.06 Å². The molecular formula is C19H38N4O3. The van der Waals surface area contributed by atoms with Crippen LogP contribution < -0.4 is 0 Å². The maximum Gasteiger partial charge on any atom is 0.145 e. The molecule has 1 rings (SSSR count). The van der Waals surface area contributed by atoms with Gasteiger partial charge in [-0.05, 0) is 56.9 Å². The molecule has 0 amide bonds. The van der Waals surface area contributed by atoms with Crippen molar-refractivity contribution in [3.63, 3.8) is 0 Å². The molecular weight excluding hydrogens is 332 g/mol. The van der Waals surface area contributed by atoms with E-state index in [9.17, 15) is 9.59 Å². The molecule has 1 N–H and O–H groups in total. The molecule has 0 aromatic heterocycles. The number of hydrogen-bond donors (Lipinski definition) is 1. The van der Waals surface area contributed by atoms with Crippen LogP contribution in [0.15, 0.2) is 0 Å². The summed E-state index contributed by atoms with van der Waals surface area (Å²) in [5.41, 5.74) is 11.6. The van der Waals surface area contributed by atoms with Crippen molar-refractivity contribution < 1.29 is 14.4 Å². The van der Waals surface area contributed by atoms with Gasteiger partial charge in [0.2, 0.25) is 0 Å². The molecule has 1 aliphatic rings. The molecule has 26 heavy (non-hydrogen) atoms. The van der Waals surface area contributed by atoms with E-state index in [0.717, 1.165) is 12.8 Å². The lowest BCUT2D eigenvalue weighted by Gasteiger charge is -2.53. The van der Waals surface area contributed by atoms with Crippen molar-refractivity contribution in [3.8, 4) is 0 Å². The summed E-state index contributed by atoms with van der Waals surface area (Å²) in [5, 5.41) is 2.04. The minimum Gasteiger partial charge on any atom is -0.301 e. The fraction of sp³-hybridized carbons (Fsp3) is 0.895. The summed E-state index contributed by atoms with van der Waals surface area (Å²) < 4.78 is 0. The second kappa shape index (κ2) is 10.0. The van der Waals surface area contributed by atoms with E-state index in [-0.39, 0.29) is 36.5 Å². The van der Waals surface area contributed by atoms with Gasteiger partial charge >= 0.3 is 0 Å². The molecule has 0 spiro atoms. The highest BCUT2D eigenvalue weighted by Gasteiger charge is 2.46. The molecule has 7 nitrogen and oxygen atoms in total. The number of nitrogens with one attached hydrogen (secondary N) is 1. The molecule has 7 heteroatoms. The molecule has 0 aliphatic carbocycles. The van der Waals surface area contributed by atoms with Gasteiger partial charge in [0.25, 0.3) is 0 Å². The molecule has 0 unspecified atom stereocenters. The van der Waals surface area contributed by atoms with E-state index in [0.29, 0.717) is 12.3 Å². The fourth-order valence-corrected chi connectivity index (χ4v) is 3.95. The first-order chi connectivity index (χ1) is 11.2. The number of hydrogen-bond acceptors (Lipinski definition) is 5. The van der Waals surface area contributed by atoms with Gasteiger partial charge in [0.15, 0.2) is 0 Å². The Bertz CT molecular complexity index is 497. The fourth-order valence-electron chi connectivity index (χ4n) is 3.95. The van der Waals surface area contributed by atoms with Gasteiger partial charge in [-0.1, -0.05) is 28.2 Å². The number of ketones is 2. The van der Waals surface area contributed by atoms with Crippen molar-refractivity contribution in [1.29, 1.82) is 5.53 Å². The van der Waals surface area contributed by atoms with Crippen LogP contribution in [0.25, 0.3) is 10.4 Å². The minimum absolute atomic E-state index is 0. The maximum absolute atomic E-state index is 12.3. The number of hydroxylamine groups is 2. The lowest BCUT2D eigenvalue weighted by Crippen LogP contribution is -2.60. The molecule has 0 aromatic rings. The summed E-state index contributed by atoms with van der Waals surface area (Å²) in [5.74, 6) is 0.407. The summed E-state index contributed by atoms with van der Waals surface area (Å²) in [6, 6.07) is 0. The Kier molecular flexibility index (Phi) is 10.4. The molecule has 0 bridgehead atoms. The van der Waals surface area contributed by atoms with Crippen LogP contribution in [-0.2, 0) is 14.4 Å². The molecule has 1 fully saturated rings. The lowest BCUT2D eigenvalue weighted by atomic mass is 9.73. The summed E-state index contributed by atoms with van der Waals surface area (Å²) in [6.07, 6.45) is 2.36. The number of Topliss-reactive ketones (excluding diaryl/α,β-unsaturated/α-hetero) is 2. The summed E-state index contributed by atoms with van der Waals surface area (Å²) in [4.78, 5) is 31.6. The van der Waals surface area contributed by atoms with Crippen molar-refractivity contribution in [2.24, 2.45) is 11.3 Å². The highest BCUT2D eigenvalue weighted by atomic mass is 16.7. The quantitative estimate of drug-likeness (QED) is 0.307. The van der Waals surface area contributed by atoms with Gasteiger partial charge < -0.3 is 4.84 Å². The zero-order valence-electron chi connectivity index (χ0n) is 17.0. The highest BCUT2D eigenvalue weighted by Crippen LogP contribution is 2.42. The summed E-state index contributed by atoms with van der Waals surface area (Å²) >= 11 is 0. The van der Waals surface area contributed by atoms with E-state index in [1.165, 1.54) is 0 Å². The van der Waals surface area contributed by atoms with Crippen LogP contribution in [-0.4, -0.2) is 34.8 Å². The molecule has 1 saturated heterocycles. The minimum atomic E-state index is -0.437. The average molecular weight is 371 g/mol. The van der Waals surface area contributed by atoms with Crippen LogP contribution in [0.1, 0.15) is 81.6 Å². The van der Waals surface area contributed by atoms with E-state index in [1.807, 2.05) is 25.8 Å². The number of carbonyl (C=O) groups excluding carboxylic acids is 2. The lowest BCUT2D eigenvalue weighted by molar-refractivity contribution is -0.271. The largest absolute Gasteiger partial charge is 0.301 e. The molecule has 152 valence electrons. The second-order valence-electron chi connectivity index (χ2n) is 9.07. The highest BCUT2D eigenvalue weighted by molar-refractivity contribution is 6.01. The van der Waals surface area contributed by atoms with Gasteiger partial charge in [0, 0.05) is 22.9 Å². The third-order valence-corrected chi connectivity index (χ3v) is 4.57. The van der Waals surface area contributed by atoms with Gasteiger partial charge in [-0.3, -0.25) is 9.59 Å². The summed E-state index contributed by atoms with van der Waals surface area (Å²) in [7, 11) is 1.71. The van der Waals surface area contributed by atoms with Crippen LogP contribution in [0.3, 0.4) is 0 Å². The predicted molar refractivity (Wildman–Crippen MR) is 105 cm³/mol. The van der Waals surface area contributed by atoms with Crippen LogP contribution in [0, 0.1) is 16.9 Å². The zero-order chi connectivity index (χ0) is 20.1. The van der Waals surface area contributed by atoms with Crippen LogP contribution in [0.5, 0.6) is 0 Å². The van der Waals surface area contributed by atoms with Gasteiger partial charge in [0.05, 0.1) is 13.5 Å². The van der Waals surface area contributed by atoms with Gasteiger partial charge in [-0.25, -0.2) is 0 Å². The Balaban J connectivity index is 0. The number of piperidine rings is 1. The van der Waals surface area contributed by atoms with E-state index in [1.54, 1.807) is 12.0 Å². The monoisotopic (exact) mass is 370 g/mol. The second-order valence-corrected chi connectivity index (χ2v) is 9.07. The van der Waals surface area contributed by atoms with Crippen molar-refractivity contribution in [3.05, 3.63) is 10.4 Å². The topological polar surface area (TPSA) is 107 Å². The Morgan fingerprint density at radius 3 is 1.88 bits per heavy atom. The Hall–Kier alpha value is -1.43. The SMILES string of the molecule is C.CON1C(C)(C)CC(CC(=O)CC(=O)C(C)(C)C)CC1(C)C.[N-]=[N+]=N. The standard InChI is InChI=1S/C18H33NO3.CH4.HN3/c1-16(2,3)15(21)10-14(20)9-13-11-17(4,5)19(22-8)18(6,7)12-13;;1-3-2/h13H,9-12H2,1-8H3;1H4;1H. The molecule has 0 aromatic carbocycles. The maximum atomic E-state index is 12.3. The first-order valence-corrected chi connectivity index (χ1v) is 8.61. The van der Waals surface area contributed by atoms with Crippen molar-refractivity contribution in [1.82, 2.24) is 5.06 Å². The van der Waals surface area contributed by atoms with Crippen molar-refractivity contribution >= 4 is 11.6 Å². The smallest absolute Gasteiger partial charge is 0.145 e. The molecule has 0 saturated carbocycles. The molecule has 0 atom stereocenters. The average Bonchev–Trinajstić information content (AvgIpc) is 2.35. The summed E-state index contributed by atoms with van der Waals surface area (Å²) in [6.45, 7) is 14.2. The van der Waals surface area contributed by atoms with E-state index < -0.39 is 5.41 Å². The van der Waals surface area contributed by atoms with Gasteiger partial charge in [-0.15, -0.1) is 5.53 Å².